The predicted octanol–water partition coefficient (Wildman–Crippen LogP) is 2.44. The Morgan fingerprint density at radius 2 is 1.81 bits per heavy atom. The van der Waals surface area contributed by atoms with Crippen LogP contribution in [0.4, 0.5) is 0 Å². The quantitative estimate of drug-likeness (QED) is 0.499. The zero-order valence-electron chi connectivity index (χ0n) is 17.2. The van der Waals surface area contributed by atoms with Crippen molar-refractivity contribution in [2.24, 2.45) is 5.92 Å². The van der Waals surface area contributed by atoms with Crippen LogP contribution in [0.5, 0.6) is 0 Å². The summed E-state index contributed by atoms with van der Waals surface area (Å²) in [6.45, 7) is 4.34. The Labute approximate surface area is 182 Å². The Balaban J connectivity index is 1.72. The molecule has 0 saturated heterocycles. The molecule has 2 heterocycles. The molecular formula is C22H22ClN5O3. The summed E-state index contributed by atoms with van der Waals surface area (Å²) >= 11 is 6.12. The number of nitrogens with one attached hydrogen (secondary N) is 1. The first-order valence-corrected chi connectivity index (χ1v) is 10.4. The van der Waals surface area contributed by atoms with Gasteiger partial charge in [-0.25, -0.2) is 13.9 Å². The molecule has 8 nitrogen and oxygen atoms in total. The van der Waals surface area contributed by atoms with Crippen LogP contribution in [0.15, 0.2) is 58.1 Å². The Kier molecular flexibility index (Phi) is 5.65. The predicted molar refractivity (Wildman–Crippen MR) is 119 cm³/mol. The van der Waals surface area contributed by atoms with Gasteiger partial charge in [-0.15, -0.1) is 5.10 Å². The molecule has 0 aliphatic rings. The van der Waals surface area contributed by atoms with E-state index in [1.807, 2.05) is 32.0 Å². The maximum absolute atomic E-state index is 13.1. The molecule has 2 aromatic carbocycles. The SMILES string of the molecule is CC(C)Cn1c(=O)c2ccccc2n2c(=O)n(CC(=O)NCc3ccccc3Cl)nc12. The van der Waals surface area contributed by atoms with Crippen LogP contribution < -0.4 is 16.6 Å². The van der Waals surface area contributed by atoms with E-state index in [4.69, 9.17) is 11.6 Å². The molecule has 1 N–H and O–H groups in total. The summed E-state index contributed by atoms with van der Waals surface area (Å²) in [5.74, 6) is 0.00984. The standard InChI is InChI=1S/C22H22ClN5O3/c1-14(2)12-26-20(30)16-8-4-6-10-18(16)28-21(26)25-27(22(28)31)13-19(29)24-11-15-7-3-5-9-17(15)23/h3-10,14H,11-13H2,1-2H3,(H,24,29). The summed E-state index contributed by atoms with van der Waals surface area (Å²) in [7, 11) is 0. The molecule has 0 aliphatic heterocycles. The number of benzene rings is 2. The highest BCUT2D eigenvalue weighted by Gasteiger charge is 2.19. The average molecular weight is 440 g/mol. The van der Waals surface area contributed by atoms with Crippen LogP contribution in [0.1, 0.15) is 19.4 Å². The molecule has 31 heavy (non-hydrogen) atoms. The second-order valence-corrected chi connectivity index (χ2v) is 8.18. The Morgan fingerprint density at radius 3 is 2.55 bits per heavy atom. The van der Waals surface area contributed by atoms with E-state index in [-0.39, 0.29) is 36.3 Å². The highest BCUT2D eigenvalue weighted by atomic mass is 35.5. The van der Waals surface area contributed by atoms with Crippen LogP contribution in [0.3, 0.4) is 0 Å². The molecule has 0 bridgehead atoms. The first kappa shape index (κ1) is 20.9. The van der Waals surface area contributed by atoms with Gasteiger partial charge in [-0.2, -0.15) is 0 Å². The van der Waals surface area contributed by atoms with E-state index in [1.165, 1.54) is 8.97 Å². The largest absolute Gasteiger partial charge is 0.352 e. The van der Waals surface area contributed by atoms with Crippen LogP contribution in [0.25, 0.3) is 16.7 Å². The van der Waals surface area contributed by atoms with E-state index in [1.54, 1.807) is 30.3 Å². The lowest BCUT2D eigenvalue weighted by molar-refractivity contribution is -0.122. The molecule has 0 aliphatic carbocycles. The topological polar surface area (TPSA) is 90.4 Å². The molecule has 0 radical (unpaired) electrons. The van der Waals surface area contributed by atoms with Crippen molar-refractivity contribution in [1.29, 1.82) is 0 Å². The van der Waals surface area contributed by atoms with Gasteiger partial charge in [0.1, 0.15) is 6.54 Å². The molecule has 0 spiro atoms. The normalized spacial score (nSPS) is 11.5. The fraction of sp³-hybridized carbons (Fsp3) is 0.273. The fourth-order valence-electron chi connectivity index (χ4n) is 3.53. The van der Waals surface area contributed by atoms with Crippen molar-refractivity contribution in [2.45, 2.75) is 33.5 Å². The molecular weight excluding hydrogens is 418 g/mol. The van der Waals surface area contributed by atoms with Crippen molar-refractivity contribution >= 4 is 34.2 Å². The lowest BCUT2D eigenvalue weighted by Crippen LogP contribution is -2.32. The van der Waals surface area contributed by atoms with Crippen molar-refractivity contribution in [3.05, 3.63) is 80.0 Å². The van der Waals surface area contributed by atoms with Crippen LogP contribution in [-0.4, -0.2) is 24.7 Å². The van der Waals surface area contributed by atoms with Crippen LogP contribution in [0.2, 0.25) is 5.02 Å². The minimum absolute atomic E-state index is 0.168. The number of para-hydroxylation sites is 1. The first-order chi connectivity index (χ1) is 14.9. The van der Waals surface area contributed by atoms with Gasteiger partial charge in [0.15, 0.2) is 0 Å². The number of amides is 1. The van der Waals surface area contributed by atoms with Gasteiger partial charge in [0, 0.05) is 18.1 Å². The molecule has 4 rings (SSSR count). The van der Waals surface area contributed by atoms with Gasteiger partial charge in [-0.1, -0.05) is 55.8 Å². The van der Waals surface area contributed by atoms with Crippen LogP contribution in [-0.2, 0) is 24.4 Å². The third-order valence-electron chi connectivity index (χ3n) is 4.96. The monoisotopic (exact) mass is 439 g/mol. The zero-order valence-corrected chi connectivity index (χ0v) is 18.0. The zero-order chi connectivity index (χ0) is 22.1. The number of hydrogen-bond donors (Lipinski definition) is 1. The first-order valence-electron chi connectivity index (χ1n) is 9.98. The summed E-state index contributed by atoms with van der Waals surface area (Å²) in [6.07, 6.45) is 0. The minimum Gasteiger partial charge on any atom is -0.350 e. The maximum atomic E-state index is 13.1. The number of fused-ring (bicyclic) bond motifs is 3. The molecule has 0 atom stereocenters. The van der Waals surface area contributed by atoms with E-state index >= 15 is 0 Å². The second-order valence-electron chi connectivity index (χ2n) is 7.77. The van der Waals surface area contributed by atoms with Crippen molar-refractivity contribution in [1.82, 2.24) is 24.1 Å². The van der Waals surface area contributed by atoms with Gasteiger partial charge >= 0.3 is 5.69 Å². The summed E-state index contributed by atoms with van der Waals surface area (Å²) < 4.78 is 3.97. The van der Waals surface area contributed by atoms with Gasteiger partial charge in [0.25, 0.3) is 5.56 Å². The lowest BCUT2D eigenvalue weighted by atomic mass is 10.2. The van der Waals surface area contributed by atoms with Gasteiger partial charge < -0.3 is 5.32 Å². The van der Waals surface area contributed by atoms with Crippen LogP contribution in [0, 0.1) is 5.92 Å². The summed E-state index contributed by atoms with van der Waals surface area (Å²) in [6, 6.07) is 14.1. The fourth-order valence-corrected chi connectivity index (χ4v) is 3.73. The number of rotatable bonds is 6. The summed E-state index contributed by atoms with van der Waals surface area (Å²) in [5.41, 5.74) is 0.556. The summed E-state index contributed by atoms with van der Waals surface area (Å²) in [4.78, 5) is 38.6. The number of carbonyl (C=O) groups is 1. The highest BCUT2D eigenvalue weighted by Crippen LogP contribution is 2.14. The Morgan fingerprint density at radius 1 is 1.10 bits per heavy atom. The van der Waals surface area contributed by atoms with Crippen molar-refractivity contribution in [2.75, 3.05) is 0 Å². The molecule has 160 valence electrons. The van der Waals surface area contributed by atoms with Gasteiger partial charge in [-0.05, 0) is 29.7 Å². The van der Waals surface area contributed by atoms with Crippen LogP contribution >= 0.6 is 11.6 Å². The van der Waals surface area contributed by atoms with E-state index in [9.17, 15) is 14.4 Å². The summed E-state index contributed by atoms with van der Waals surface area (Å²) in [5, 5.41) is 8.07. The Hall–Kier alpha value is -3.39. The third kappa shape index (κ3) is 3.98. The highest BCUT2D eigenvalue weighted by molar-refractivity contribution is 6.31. The van der Waals surface area contributed by atoms with Crippen molar-refractivity contribution < 1.29 is 4.79 Å². The molecule has 0 fully saturated rings. The molecule has 4 aromatic rings. The molecule has 0 saturated carbocycles. The third-order valence-corrected chi connectivity index (χ3v) is 5.33. The number of carbonyl (C=O) groups excluding carboxylic acids is 1. The smallest absolute Gasteiger partial charge is 0.350 e. The van der Waals surface area contributed by atoms with Gasteiger partial charge in [0.2, 0.25) is 11.7 Å². The minimum atomic E-state index is -0.475. The number of halogens is 1. The number of aromatic nitrogens is 4. The van der Waals surface area contributed by atoms with Crippen molar-refractivity contribution in [3.63, 3.8) is 0 Å². The molecule has 0 unspecified atom stereocenters. The molecule has 9 heteroatoms. The second kappa shape index (κ2) is 8.39. The lowest BCUT2D eigenvalue weighted by Gasteiger charge is -2.11. The van der Waals surface area contributed by atoms with Gasteiger partial charge in [0.05, 0.1) is 10.9 Å². The molecule has 1 amide bonds. The maximum Gasteiger partial charge on any atom is 0.352 e. The van der Waals surface area contributed by atoms with E-state index in [2.05, 4.69) is 10.4 Å². The van der Waals surface area contributed by atoms with Gasteiger partial charge in [-0.3, -0.25) is 14.2 Å². The molecule has 2 aromatic heterocycles. The van der Waals surface area contributed by atoms with E-state index < -0.39 is 5.69 Å². The number of nitrogens with zero attached hydrogens (tertiary/aromatic N) is 4. The van der Waals surface area contributed by atoms with E-state index in [0.717, 1.165) is 10.2 Å². The number of hydrogen-bond acceptors (Lipinski definition) is 4. The average Bonchev–Trinajstić information content (AvgIpc) is 3.06. The van der Waals surface area contributed by atoms with Crippen molar-refractivity contribution in [3.8, 4) is 0 Å². The Bertz CT molecular complexity index is 1400. The van der Waals surface area contributed by atoms with E-state index in [0.29, 0.717) is 22.5 Å².